The molecular weight excluding hydrogens is 547 g/mol. The third-order valence-electron chi connectivity index (χ3n) is 6.20. The molecule has 8 nitrogen and oxygen atoms in total. The molecule has 214 valence electrons. The molecule has 40 heavy (non-hydrogen) atoms. The lowest BCUT2D eigenvalue weighted by Crippen LogP contribution is -2.28. The maximum absolute atomic E-state index is 12.1. The molecule has 0 aliphatic heterocycles. The smallest absolute Gasteiger partial charge is 0.406 e. The van der Waals surface area contributed by atoms with Crippen molar-refractivity contribution in [2.24, 2.45) is 11.1 Å². The zero-order valence-electron chi connectivity index (χ0n) is 21.5. The van der Waals surface area contributed by atoms with Crippen LogP contribution in [0.25, 0.3) is 11.1 Å². The summed E-state index contributed by atoms with van der Waals surface area (Å²) >= 11 is 0. The average Bonchev–Trinajstić information content (AvgIpc) is 3.46. The molecule has 3 aromatic rings. The van der Waals surface area contributed by atoms with Gasteiger partial charge in [0.1, 0.15) is 5.75 Å². The van der Waals surface area contributed by atoms with E-state index < -0.39 is 16.4 Å². The van der Waals surface area contributed by atoms with Crippen LogP contribution in [-0.4, -0.2) is 27.1 Å². The molecule has 3 aromatic carbocycles. The van der Waals surface area contributed by atoms with Crippen LogP contribution in [0.3, 0.4) is 0 Å². The van der Waals surface area contributed by atoms with Crippen LogP contribution in [0.15, 0.2) is 77.7 Å². The molecule has 0 unspecified atom stereocenters. The predicted octanol–water partition coefficient (Wildman–Crippen LogP) is 4.64. The second kappa shape index (κ2) is 13.9. The largest absolute Gasteiger partial charge is 0.573 e. The number of rotatable bonds is 9. The summed E-state index contributed by atoms with van der Waals surface area (Å²) in [4.78, 5) is 22.1. The second-order valence-electron chi connectivity index (χ2n) is 9.13. The highest BCUT2D eigenvalue weighted by atomic mass is 32.2. The molecule has 0 aromatic heterocycles. The molecule has 0 spiro atoms. The van der Waals surface area contributed by atoms with Crippen LogP contribution in [0.1, 0.15) is 36.8 Å². The number of nitrogens with one attached hydrogen (secondary N) is 2. The number of ether oxygens (including phenoxy) is 1. The van der Waals surface area contributed by atoms with Crippen molar-refractivity contribution < 1.29 is 35.9 Å². The van der Waals surface area contributed by atoms with E-state index in [1.807, 2.05) is 24.3 Å². The van der Waals surface area contributed by atoms with Gasteiger partial charge in [0, 0.05) is 24.6 Å². The van der Waals surface area contributed by atoms with Crippen molar-refractivity contribution in [1.82, 2.24) is 10.6 Å². The van der Waals surface area contributed by atoms with Gasteiger partial charge in [-0.1, -0.05) is 67.4 Å². The zero-order chi connectivity index (χ0) is 29.2. The first-order chi connectivity index (χ1) is 19.0. The van der Waals surface area contributed by atoms with Crippen molar-refractivity contribution >= 4 is 22.3 Å². The number of carbonyl (C=O) groups is 2. The summed E-state index contributed by atoms with van der Waals surface area (Å²) < 4.78 is 62.4. The highest BCUT2D eigenvalue weighted by Gasteiger charge is 2.31. The normalized spacial score (nSPS) is 13.6. The van der Waals surface area contributed by atoms with Gasteiger partial charge in [0.2, 0.25) is 22.3 Å². The van der Waals surface area contributed by atoms with Gasteiger partial charge in [0.25, 0.3) is 0 Å². The minimum absolute atomic E-state index is 0.109. The Labute approximate surface area is 230 Å². The van der Waals surface area contributed by atoms with E-state index in [9.17, 15) is 31.2 Å². The van der Waals surface area contributed by atoms with E-state index in [1.54, 1.807) is 18.2 Å². The molecule has 4 rings (SSSR count). The molecule has 0 saturated heterocycles. The molecule has 0 atom stereocenters. The van der Waals surface area contributed by atoms with Crippen molar-refractivity contribution in [2.45, 2.75) is 50.0 Å². The lowest BCUT2D eigenvalue weighted by atomic mass is 10.0. The number of carbonyl (C=O) groups excluding carboxylic acids is 2. The van der Waals surface area contributed by atoms with Crippen LogP contribution in [0.2, 0.25) is 0 Å². The standard InChI is InChI=1S/C19H22N2O3S.C9H8F3NO2/c20-25(23,24)18-8-4-3-7-17(18)15-11-9-14(10-12-15)13-21-19(22)16-5-1-2-6-16;10-9(11,12)15-8-3-1-7(2-4-8)5-13-6-14/h3-4,7-12,16H,1-2,5-6,13H2,(H,21,22)(H2,20,23,24);1-4,6H,5H2,(H,13,14). The summed E-state index contributed by atoms with van der Waals surface area (Å²) in [6.07, 6.45) is 0.0689. The van der Waals surface area contributed by atoms with E-state index in [0.717, 1.165) is 36.8 Å². The summed E-state index contributed by atoms with van der Waals surface area (Å²) in [6, 6.07) is 19.4. The molecule has 0 bridgehead atoms. The first-order valence-corrected chi connectivity index (χ1v) is 14.0. The van der Waals surface area contributed by atoms with E-state index in [0.29, 0.717) is 24.1 Å². The van der Waals surface area contributed by atoms with Gasteiger partial charge >= 0.3 is 6.36 Å². The van der Waals surface area contributed by atoms with E-state index in [-0.39, 0.29) is 29.0 Å². The topological polar surface area (TPSA) is 128 Å². The maximum Gasteiger partial charge on any atom is 0.573 e. The third-order valence-corrected chi connectivity index (χ3v) is 7.17. The molecule has 1 fully saturated rings. The third kappa shape index (κ3) is 9.69. The van der Waals surface area contributed by atoms with Crippen molar-refractivity contribution in [3.05, 3.63) is 83.9 Å². The number of alkyl halides is 3. The molecule has 12 heteroatoms. The molecule has 4 N–H and O–H groups in total. The van der Waals surface area contributed by atoms with E-state index in [1.165, 1.54) is 30.3 Å². The molecule has 1 saturated carbocycles. The van der Waals surface area contributed by atoms with Gasteiger partial charge in [0.05, 0.1) is 4.90 Å². The predicted molar refractivity (Wildman–Crippen MR) is 143 cm³/mol. The molecule has 1 aliphatic carbocycles. The van der Waals surface area contributed by atoms with Crippen LogP contribution in [0, 0.1) is 5.92 Å². The molecular formula is C28H30F3N3O5S. The first kappa shape index (κ1) is 30.6. The van der Waals surface area contributed by atoms with Crippen molar-refractivity contribution in [3.63, 3.8) is 0 Å². The monoisotopic (exact) mass is 577 g/mol. The molecule has 1 aliphatic rings. The Morgan fingerprint density at radius 1 is 0.925 bits per heavy atom. The summed E-state index contributed by atoms with van der Waals surface area (Å²) in [5.41, 5.74) is 3.02. The van der Waals surface area contributed by atoms with Gasteiger partial charge in [-0.3, -0.25) is 9.59 Å². The number of primary sulfonamides is 1. The highest BCUT2D eigenvalue weighted by Crippen LogP contribution is 2.27. The Hall–Kier alpha value is -3.90. The Balaban J connectivity index is 0.000000252. The lowest BCUT2D eigenvalue weighted by Gasteiger charge is -2.11. The van der Waals surface area contributed by atoms with Gasteiger partial charge in [0.15, 0.2) is 0 Å². The summed E-state index contributed by atoms with van der Waals surface area (Å²) in [7, 11) is -3.78. The van der Waals surface area contributed by atoms with Crippen molar-refractivity contribution in [3.8, 4) is 16.9 Å². The number of hydrogen-bond acceptors (Lipinski definition) is 5. The van der Waals surface area contributed by atoms with E-state index >= 15 is 0 Å². The quantitative estimate of drug-likeness (QED) is 0.320. The minimum Gasteiger partial charge on any atom is -0.406 e. The number of hydrogen-bond donors (Lipinski definition) is 3. The van der Waals surface area contributed by atoms with Gasteiger partial charge in [-0.05, 0) is 47.7 Å². The van der Waals surface area contributed by atoms with Crippen molar-refractivity contribution in [2.75, 3.05) is 0 Å². The van der Waals surface area contributed by atoms with Gasteiger partial charge in [-0.25, -0.2) is 13.6 Å². The Bertz CT molecular complexity index is 1370. The Morgan fingerprint density at radius 2 is 1.50 bits per heavy atom. The molecule has 0 radical (unpaired) electrons. The number of benzene rings is 3. The van der Waals surface area contributed by atoms with Gasteiger partial charge in [-0.15, -0.1) is 13.2 Å². The van der Waals surface area contributed by atoms with Crippen LogP contribution in [0.4, 0.5) is 13.2 Å². The van der Waals surface area contributed by atoms with Crippen molar-refractivity contribution in [1.29, 1.82) is 0 Å². The minimum atomic E-state index is -4.68. The van der Waals surface area contributed by atoms with Crippen LogP contribution < -0.4 is 20.5 Å². The van der Waals surface area contributed by atoms with E-state index in [4.69, 9.17) is 5.14 Å². The molecule has 0 heterocycles. The number of sulfonamides is 1. The van der Waals surface area contributed by atoms with Gasteiger partial charge < -0.3 is 15.4 Å². The van der Waals surface area contributed by atoms with E-state index in [2.05, 4.69) is 15.4 Å². The number of amides is 2. The summed E-state index contributed by atoms with van der Waals surface area (Å²) in [5, 5.41) is 10.7. The Morgan fingerprint density at radius 3 is 2.08 bits per heavy atom. The number of nitrogens with two attached hydrogens (primary N) is 1. The second-order valence-corrected chi connectivity index (χ2v) is 10.7. The average molecular weight is 578 g/mol. The highest BCUT2D eigenvalue weighted by molar-refractivity contribution is 7.89. The molecule has 2 amide bonds. The summed E-state index contributed by atoms with van der Waals surface area (Å²) in [5.74, 6) is -0.000545. The maximum atomic E-state index is 12.1. The lowest BCUT2D eigenvalue weighted by molar-refractivity contribution is -0.274. The summed E-state index contributed by atoms with van der Waals surface area (Å²) in [6.45, 7) is 0.752. The zero-order valence-corrected chi connectivity index (χ0v) is 22.3. The fourth-order valence-corrected chi connectivity index (χ4v) is 5.01. The fraction of sp³-hybridized carbons (Fsp3) is 0.286. The van der Waals surface area contributed by atoms with Crippen LogP contribution in [0.5, 0.6) is 5.75 Å². The Kier molecular flexibility index (Phi) is 10.7. The van der Waals surface area contributed by atoms with Crippen LogP contribution >= 0.6 is 0 Å². The van der Waals surface area contributed by atoms with Crippen LogP contribution in [-0.2, 0) is 32.7 Å². The first-order valence-electron chi connectivity index (χ1n) is 12.5. The SMILES string of the molecule is NS(=O)(=O)c1ccccc1-c1ccc(CNC(=O)C2CCCC2)cc1.O=CNCc1ccc(OC(F)(F)F)cc1. The number of halogens is 3. The van der Waals surface area contributed by atoms with Gasteiger partial charge in [-0.2, -0.15) is 0 Å². The fourth-order valence-electron chi connectivity index (χ4n) is 4.25.